The highest BCUT2D eigenvalue weighted by Gasteiger charge is 2.52. The fourth-order valence-electron chi connectivity index (χ4n) is 3.45. The summed E-state index contributed by atoms with van der Waals surface area (Å²) in [6.45, 7) is -1.62. The Bertz CT molecular complexity index is 526. The maximum absolute atomic E-state index is 11.0. The van der Waals surface area contributed by atoms with Crippen LogP contribution >= 0.6 is 11.8 Å². The molecule has 12 nitrogen and oxygen atoms in total. The molecule has 2 heterocycles. The van der Waals surface area contributed by atoms with Gasteiger partial charge in [0.2, 0.25) is 0 Å². The summed E-state index contributed by atoms with van der Waals surface area (Å²) < 4.78 is 5.34. The molecule has 10 N–H and O–H groups in total. The minimum absolute atomic E-state index is 0.122. The maximum atomic E-state index is 11.0. The average Bonchev–Trinajstić information content (AvgIpc) is 3.17. The van der Waals surface area contributed by atoms with Gasteiger partial charge in [-0.2, -0.15) is 0 Å². The van der Waals surface area contributed by atoms with Gasteiger partial charge in [0, 0.05) is 11.7 Å². The van der Waals surface area contributed by atoms with Crippen LogP contribution < -0.4 is 5.32 Å². The molecule has 0 amide bonds. The largest absolute Gasteiger partial charge is 0.480 e. The van der Waals surface area contributed by atoms with Gasteiger partial charge in [0.1, 0.15) is 36.6 Å². The van der Waals surface area contributed by atoms with Crippen molar-refractivity contribution in [2.24, 2.45) is 5.92 Å². The van der Waals surface area contributed by atoms with E-state index in [9.17, 15) is 45.6 Å². The van der Waals surface area contributed by atoms with Crippen molar-refractivity contribution in [2.75, 3.05) is 19.0 Å². The van der Waals surface area contributed by atoms with Crippen LogP contribution in [0.15, 0.2) is 0 Å². The van der Waals surface area contributed by atoms with Crippen LogP contribution in [0.5, 0.6) is 0 Å². The van der Waals surface area contributed by atoms with Gasteiger partial charge in [-0.15, -0.1) is 11.8 Å². The molecule has 28 heavy (non-hydrogen) atoms. The topological polar surface area (TPSA) is 220 Å². The number of carboxylic acid groups (broad SMARTS) is 1. The Kier molecular flexibility index (Phi) is 8.42. The number of aliphatic carboxylic acids is 1. The Hall–Kier alpha value is -0.580. The van der Waals surface area contributed by atoms with E-state index in [4.69, 9.17) is 9.84 Å². The summed E-state index contributed by atoms with van der Waals surface area (Å²) in [5, 5.41) is 90.6. The Morgan fingerprint density at radius 1 is 1.11 bits per heavy atom. The van der Waals surface area contributed by atoms with Gasteiger partial charge in [-0.25, -0.2) is 0 Å². The molecule has 0 spiro atoms. The van der Waals surface area contributed by atoms with Crippen LogP contribution in [0, 0.1) is 5.92 Å². The van der Waals surface area contributed by atoms with Gasteiger partial charge in [-0.05, 0) is 0 Å². The van der Waals surface area contributed by atoms with E-state index < -0.39 is 85.3 Å². The van der Waals surface area contributed by atoms with Crippen molar-refractivity contribution in [3.05, 3.63) is 0 Å². The lowest BCUT2D eigenvalue weighted by atomic mass is 9.80. The summed E-state index contributed by atoms with van der Waals surface area (Å²) in [6.07, 6.45) is -13.2. The lowest BCUT2D eigenvalue weighted by molar-refractivity contribution is -0.261. The first-order chi connectivity index (χ1) is 13.1. The van der Waals surface area contributed by atoms with Crippen LogP contribution in [0.25, 0.3) is 0 Å². The zero-order valence-electron chi connectivity index (χ0n) is 14.7. The molecule has 2 aliphatic rings. The van der Waals surface area contributed by atoms with Crippen LogP contribution in [0.4, 0.5) is 0 Å². The number of carboxylic acids is 1. The van der Waals surface area contributed by atoms with E-state index in [0.717, 1.165) is 11.8 Å². The van der Waals surface area contributed by atoms with Crippen LogP contribution in [-0.4, -0.2) is 131 Å². The standard InChI is InChI=1S/C15H27NO11S/c17-1-5(19)7(13-11(23)10(22)8(20)6(2-18)27-13)9(21)12(24)14-16-4(3-28-14)15(25)26/h4-14,16-24H,1-3H2,(H,25,26)/t4-,5-,6+,7+,8+,9+,10-,11+,12+,13+,14+/m0/s1. The van der Waals surface area contributed by atoms with Crippen molar-refractivity contribution in [1.82, 2.24) is 5.32 Å². The Morgan fingerprint density at radius 2 is 1.75 bits per heavy atom. The maximum Gasteiger partial charge on any atom is 0.321 e. The molecule has 2 aliphatic heterocycles. The van der Waals surface area contributed by atoms with Gasteiger partial charge >= 0.3 is 5.97 Å². The number of hydrogen-bond acceptors (Lipinski definition) is 12. The van der Waals surface area contributed by atoms with E-state index >= 15 is 0 Å². The second-order valence-electron chi connectivity index (χ2n) is 6.91. The van der Waals surface area contributed by atoms with Gasteiger partial charge < -0.3 is 50.7 Å². The summed E-state index contributed by atoms with van der Waals surface area (Å²) in [4.78, 5) is 11.0. The molecule has 0 aromatic heterocycles. The third-order valence-electron chi connectivity index (χ3n) is 5.10. The summed E-state index contributed by atoms with van der Waals surface area (Å²) in [5.74, 6) is -2.55. The normalized spacial score (nSPS) is 40.6. The molecule has 0 aliphatic carbocycles. The van der Waals surface area contributed by atoms with E-state index in [-0.39, 0.29) is 5.75 Å². The predicted octanol–water partition coefficient (Wildman–Crippen LogP) is -5.36. The Morgan fingerprint density at radius 3 is 2.25 bits per heavy atom. The fourth-order valence-corrected chi connectivity index (χ4v) is 4.71. The number of ether oxygens (including phenoxy) is 1. The molecule has 13 heteroatoms. The van der Waals surface area contributed by atoms with Crippen LogP contribution in [0.2, 0.25) is 0 Å². The third kappa shape index (κ3) is 4.76. The van der Waals surface area contributed by atoms with Gasteiger partial charge in [0.05, 0.1) is 36.9 Å². The van der Waals surface area contributed by atoms with Crippen molar-refractivity contribution in [3.8, 4) is 0 Å². The molecule has 0 unspecified atom stereocenters. The van der Waals surface area contributed by atoms with Gasteiger partial charge in [0.15, 0.2) is 0 Å². The van der Waals surface area contributed by atoms with Crippen molar-refractivity contribution in [3.63, 3.8) is 0 Å². The van der Waals surface area contributed by atoms with Crippen LogP contribution in [-0.2, 0) is 9.53 Å². The molecule has 0 aromatic carbocycles. The number of carbonyl (C=O) groups is 1. The van der Waals surface area contributed by atoms with Gasteiger partial charge in [-0.1, -0.05) is 0 Å². The van der Waals surface area contributed by atoms with Gasteiger partial charge in [0.25, 0.3) is 0 Å². The number of hydrogen-bond donors (Lipinski definition) is 10. The monoisotopic (exact) mass is 429 g/mol. The number of nitrogens with one attached hydrogen (secondary N) is 1. The zero-order valence-corrected chi connectivity index (χ0v) is 15.5. The molecule has 0 aromatic rings. The molecule has 2 saturated heterocycles. The molecule has 0 bridgehead atoms. The second kappa shape index (κ2) is 9.95. The third-order valence-corrected chi connectivity index (χ3v) is 6.40. The van der Waals surface area contributed by atoms with Crippen LogP contribution in [0.3, 0.4) is 0 Å². The first-order valence-electron chi connectivity index (χ1n) is 8.70. The van der Waals surface area contributed by atoms with E-state index in [1.165, 1.54) is 0 Å². The molecule has 11 atom stereocenters. The minimum atomic E-state index is -1.82. The highest BCUT2D eigenvalue weighted by molar-refractivity contribution is 8.00. The van der Waals surface area contributed by atoms with E-state index in [0.29, 0.717) is 0 Å². The molecule has 0 saturated carbocycles. The first kappa shape index (κ1) is 23.7. The average molecular weight is 429 g/mol. The van der Waals surface area contributed by atoms with Crippen molar-refractivity contribution in [2.45, 2.75) is 60.2 Å². The van der Waals surface area contributed by atoms with E-state index in [1.54, 1.807) is 0 Å². The SMILES string of the molecule is O=C(O)[C@@H]1CS[C@H]([C@H](O)[C@H](O)[C@H]([C@H]2O[C@H](CO)[C@@H](O)[C@H](O)[C@H]2O)[C@@H](O)CO)N1. The molecule has 164 valence electrons. The molecule has 2 fully saturated rings. The van der Waals surface area contributed by atoms with Crippen molar-refractivity contribution in [1.29, 1.82) is 0 Å². The lowest BCUT2D eigenvalue weighted by Crippen LogP contribution is -2.64. The number of aliphatic hydroxyl groups excluding tert-OH is 8. The molecule has 0 radical (unpaired) electrons. The Labute approximate surface area is 164 Å². The summed E-state index contributed by atoms with van der Waals surface area (Å²) in [7, 11) is 0. The predicted molar refractivity (Wildman–Crippen MR) is 93.2 cm³/mol. The quantitative estimate of drug-likeness (QED) is 0.174. The second-order valence-corrected chi connectivity index (χ2v) is 8.09. The van der Waals surface area contributed by atoms with Crippen molar-refractivity contribution >= 4 is 17.7 Å². The highest BCUT2D eigenvalue weighted by atomic mass is 32.2. The lowest BCUT2D eigenvalue weighted by Gasteiger charge is -2.46. The van der Waals surface area contributed by atoms with Crippen molar-refractivity contribution < 1.29 is 55.5 Å². The summed E-state index contributed by atoms with van der Waals surface area (Å²) >= 11 is 1.03. The fraction of sp³-hybridized carbons (Fsp3) is 0.933. The molecule has 2 rings (SSSR count). The smallest absolute Gasteiger partial charge is 0.321 e. The molecular formula is C15H27NO11S. The highest BCUT2D eigenvalue weighted by Crippen LogP contribution is 2.33. The first-order valence-corrected chi connectivity index (χ1v) is 9.74. The number of aliphatic hydroxyl groups is 8. The van der Waals surface area contributed by atoms with E-state index in [1.807, 2.05) is 0 Å². The number of rotatable bonds is 8. The van der Waals surface area contributed by atoms with E-state index in [2.05, 4.69) is 5.32 Å². The zero-order chi connectivity index (χ0) is 21.2. The number of thioether (sulfide) groups is 1. The minimum Gasteiger partial charge on any atom is -0.480 e. The Balaban J connectivity index is 2.21. The summed E-state index contributed by atoms with van der Waals surface area (Å²) in [6, 6.07) is -0.953. The molecular weight excluding hydrogens is 402 g/mol. The van der Waals surface area contributed by atoms with Crippen LogP contribution in [0.1, 0.15) is 0 Å². The van der Waals surface area contributed by atoms with Gasteiger partial charge in [-0.3, -0.25) is 10.1 Å². The summed E-state index contributed by atoms with van der Waals surface area (Å²) in [5.41, 5.74) is 0.